The third-order valence-corrected chi connectivity index (χ3v) is 2.79. The first-order valence-corrected chi connectivity index (χ1v) is 6.07. The quantitative estimate of drug-likeness (QED) is 0.599. The summed E-state index contributed by atoms with van der Waals surface area (Å²) in [5, 5.41) is 12.5. The average Bonchev–Trinajstić information content (AvgIpc) is 2.30. The monoisotopic (exact) mass is 265 g/mol. The molecule has 1 rings (SSSR count). The van der Waals surface area contributed by atoms with Gasteiger partial charge in [0, 0.05) is 18.5 Å². The van der Waals surface area contributed by atoms with E-state index in [-0.39, 0.29) is 18.4 Å². The molecular formula is C14H19NO4. The minimum atomic E-state index is -1.26. The predicted octanol–water partition coefficient (Wildman–Crippen LogP) is 1.23. The number of amides is 1. The molecule has 5 heteroatoms. The van der Waals surface area contributed by atoms with Crippen LogP contribution < -0.4 is 5.32 Å². The van der Waals surface area contributed by atoms with E-state index in [4.69, 9.17) is 0 Å². The van der Waals surface area contributed by atoms with Crippen molar-refractivity contribution in [3.8, 4) is 0 Å². The van der Waals surface area contributed by atoms with Crippen LogP contribution in [0.3, 0.4) is 0 Å². The van der Waals surface area contributed by atoms with E-state index < -0.39 is 6.29 Å². The van der Waals surface area contributed by atoms with E-state index in [0.29, 0.717) is 12.0 Å². The molecule has 2 N–H and O–H groups in total. The van der Waals surface area contributed by atoms with Gasteiger partial charge in [-0.2, -0.15) is 0 Å². The largest absolute Gasteiger partial charge is 0.434 e. The summed E-state index contributed by atoms with van der Waals surface area (Å²) in [5.41, 5.74) is 2.35. The minimum Gasteiger partial charge on any atom is -0.434 e. The summed E-state index contributed by atoms with van der Waals surface area (Å²) in [6.45, 7) is 5.42. The van der Waals surface area contributed by atoms with Crippen LogP contribution in [0, 0.1) is 6.92 Å². The molecule has 19 heavy (non-hydrogen) atoms. The van der Waals surface area contributed by atoms with Crippen LogP contribution in [0.4, 0.5) is 0 Å². The van der Waals surface area contributed by atoms with Gasteiger partial charge in [0.25, 0.3) is 6.47 Å². The Balaban J connectivity index is 2.83. The zero-order chi connectivity index (χ0) is 14.4. The topological polar surface area (TPSA) is 75.6 Å². The van der Waals surface area contributed by atoms with Gasteiger partial charge in [-0.15, -0.1) is 0 Å². The van der Waals surface area contributed by atoms with E-state index in [2.05, 4.69) is 10.1 Å². The summed E-state index contributed by atoms with van der Waals surface area (Å²) in [6.07, 6.45) is -0.616. The molecule has 0 aliphatic carbocycles. The average molecular weight is 265 g/mol. The van der Waals surface area contributed by atoms with Crippen molar-refractivity contribution in [3.05, 3.63) is 34.9 Å². The number of nitrogens with one attached hydrogen (secondary N) is 1. The number of hydrogen-bond acceptors (Lipinski definition) is 4. The highest BCUT2D eigenvalue weighted by atomic mass is 16.6. The van der Waals surface area contributed by atoms with Gasteiger partial charge in [0.1, 0.15) is 0 Å². The van der Waals surface area contributed by atoms with Crippen molar-refractivity contribution < 1.29 is 19.4 Å². The third-order valence-electron chi connectivity index (χ3n) is 2.79. The van der Waals surface area contributed by atoms with E-state index in [1.165, 1.54) is 6.92 Å². The second-order valence-corrected chi connectivity index (χ2v) is 4.58. The number of carbonyl (C=O) groups excluding carboxylic acids is 2. The Hall–Kier alpha value is -1.88. The van der Waals surface area contributed by atoms with Crippen molar-refractivity contribution in [1.82, 2.24) is 5.32 Å². The van der Waals surface area contributed by atoms with Crippen molar-refractivity contribution in [2.75, 3.05) is 0 Å². The molecule has 0 spiro atoms. The molecule has 1 aromatic rings. The Labute approximate surface area is 112 Å². The zero-order valence-corrected chi connectivity index (χ0v) is 11.3. The number of ether oxygens (including phenoxy) is 1. The number of aryl methyl sites for hydroxylation is 1. The van der Waals surface area contributed by atoms with Crippen molar-refractivity contribution in [1.29, 1.82) is 0 Å². The Morgan fingerprint density at radius 1 is 1.53 bits per heavy atom. The number of aliphatic hydroxyl groups is 1. The van der Waals surface area contributed by atoms with Gasteiger partial charge in [0.05, 0.1) is 0 Å². The normalized spacial score (nSPS) is 13.5. The standard InChI is InChI=1S/C14H19NO4/c1-9-4-5-12(6-10(2)15-11(3)17)7-13(9)14(18)19-8-16/h4-5,7-8,10,14,18H,6H2,1-3H3,(H,15,17)/t10-,14?/m1/s1. The number of rotatable bonds is 6. The molecule has 0 bridgehead atoms. The van der Waals surface area contributed by atoms with Crippen molar-refractivity contribution in [2.24, 2.45) is 0 Å². The molecule has 2 atom stereocenters. The highest BCUT2D eigenvalue weighted by Crippen LogP contribution is 2.20. The molecule has 0 saturated heterocycles. The van der Waals surface area contributed by atoms with Crippen LogP contribution in [0.1, 0.15) is 36.8 Å². The molecule has 0 aromatic heterocycles. The van der Waals surface area contributed by atoms with E-state index in [9.17, 15) is 14.7 Å². The summed E-state index contributed by atoms with van der Waals surface area (Å²) in [7, 11) is 0. The fourth-order valence-corrected chi connectivity index (χ4v) is 1.96. The zero-order valence-electron chi connectivity index (χ0n) is 11.3. The Morgan fingerprint density at radius 3 is 2.79 bits per heavy atom. The molecule has 0 heterocycles. The van der Waals surface area contributed by atoms with Gasteiger partial charge in [-0.05, 0) is 37.5 Å². The van der Waals surface area contributed by atoms with E-state index in [1.807, 2.05) is 26.0 Å². The molecule has 0 aliphatic heterocycles. The molecule has 1 amide bonds. The van der Waals surface area contributed by atoms with Gasteiger partial charge < -0.3 is 15.2 Å². The molecular weight excluding hydrogens is 246 g/mol. The lowest BCUT2D eigenvalue weighted by Gasteiger charge is -2.16. The molecule has 0 aliphatic rings. The Morgan fingerprint density at radius 2 is 2.21 bits per heavy atom. The molecule has 0 fully saturated rings. The van der Waals surface area contributed by atoms with Crippen LogP contribution in [0.25, 0.3) is 0 Å². The fourth-order valence-electron chi connectivity index (χ4n) is 1.96. The first-order valence-electron chi connectivity index (χ1n) is 6.07. The van der Waals surface area contributed by atoms with Gasteiger partial charge in [-0.1, -0.05) is 12.1 Å². The maximum atomic E-state index is 10.9. The van der Waals surface area contributed by atoms with Crippen molar-refractivity contribution in [2.45, 2.75) is 39.5 Å². The first kappa shape index (κ1) is 15.2. The van der Waals surface area contributed by atoms with Gasteiger partial charge in [-0.25, -0.2) is 0 Å². The van der Waals surface area contributed by atoms with Gasteiger partial charge >= 0.3 is 0 Å². The second-order valence-electron chi connectivity index (χ2n) is 4.58. The lowest BCUT2D eigenvalue weighted by atomic mass is 10.0. The summed E-state index contributed by atoms with van der Waals surface area (Å²) in [5.74, 6) is -0.0795. The van der Waals surface area contributed by atoms with Crippen molar-refractivity contribution in [3.63, 3.8) is 0 Å². The van der Waals surface area contributed by atoms with Crippen molar-refractivity contribution >= 4 is 12.4 Å². The number of hydrogen-bond donors (Lipinski definition) is 2. The Kier molecular flexibility index (Phi) is 5.51. The van der Waals surface area contributed by atoms with Crippen LogP contribution in [0.2, 0.25) is 0 Å². The number of carbonyl (C=O) groups is 2. The van der Waals surface area contributed by atoms with Crippen LogP contribution in [-0.2, 0) is 20.7 Å². The molecule has 0 radical (unpaired) electrons. The molecule has 1 unspecified atom stereocenters. The molecule has 104 valence electrons. The van der Waals surface area contributed by atoms with Crippen LogP contribution >= 0.6 is 0 Å². The molecule has 1 aromatic carbocycles. The van der Waals surface area contributed by atoms with Crippen LogP contribution in [0.15, 0.2) is 18.2 Å². The summed E-state index contributed by atoms with van der Waals surface area (Å²) >= 11 is 0. The van der Waals surface area contributed by atoms with Gasteiger partial charge in [0.15, 0.2) is 0 Å². The SMILES string of the molecule is CC(=O)N[C@H](C)Cc1ccc(C)c(C(O)OC=O)c1. The third kappa shape index (κ3) is 4.71. The number of aliphatic hydroxyl groups excluding tert-OH is 1. The highest BCUT2D eigenvalue weighted by molar-refractivity contribution is 5.73. The summed E-state index contributed by atoms with van der Waals surface area (Å²) < 4.78 is 4.54. The van der Waals surface area contributed by atoms with E-state index in [0.717, 1.165) is 11.1 Å². The van der Waals surface area contributed by atoms with Gasteiger partial charge in [0.2, 0.25) is 12.2 Å². The van der Waals surface area contributed by atoms with E-state index >= 15 is 0 Å². The molecule has 5 nitrogen and oxygen atoms in total. The molecule has 0 saturated carbocycles. The highest BCUT2D eigenvalue weighted by Gasteiger charge is 2.13. The fraction of sp³-hybridized carbons (Fsp3) is 0.429. The first-order chi connectivity index (χ1) is 8.93. The maximum Gasteiger partial charge on any atom is 0.295 e. The number of benzene rings is 1. The smallest absolute Gasteiger partial charge is 0.295 e. The predicted molar refractivity (Wildman–Crippen MR) is 70.3 cm³/mol. The van der Waals surface area contributed by atoms with Gasteiger partial charge in [-0.3, -0.25) is 9.59 Å². The van der Waals surface area contributed by atoms with E-state index in [1.54, 1.807) is 6.07 Å². The maximum absolute atomic E-state index is 10.9. The van der Waals surface area contributed by atoms with Crippen LogP contribution in [-0.4, -0.2) is 23.5 Å². The van der Waals surface area contributed by atoms with Crippen LogP contribution in [0.5, 0.6) is 0 Å². The summed E-state index contributed by atoms with van der Waals surface area (Å²) in [4.78, 5) is 21.2. The minimum absolute atomic E-state index is 0.00260. The lowest BCUT2D eigenvalue weighted by Crippen LogP contribution is -2.32. The second kappa shape index (κ2) is 6.89. The summed E-state index contributed by atoms with van der Waals surface area (Å²) in [6, 6.07) is 5.55. The Bertz CT molecular complexity index is 459. The lowest BCUT2D eigenvalue weighted by molar-refractivity contribution is -0.153.